The molecule has 3 nitrogen and oxygen atoms in total. The Morgan fingerprint density at radius 3 is 2.44 bits per heavy atom. The van der Waals surface area contributed by atoms with E-state index in [1.807, 2.05) is 24.3 Å². The van der Waals surface area contributed by atoms with E-state index in [9.17, 15) is 0 Å². The molecule has 0 bridgehead atoms. The van der Waals surface area contributed by atoms with Gasteiger partial charge >= 0.3 is 0 Å². The molecule has 1 atom stereocenters. The third-order valence-electron chi connectivity index (χ3n) is 3.07. The van der Waals surface area contributed by atoms with Gasteiger partial charge in [0.25, 0.3) is 0 Å². The van der Waals surface area contributed by atoms with Gasteiger partial charge in [-0.15, -0.1) is 0 Å². The van der Waals surface area contributed by atoms with E-state index in [0.717, 1.165) is 29.4 Å². The number of anilines is 2. The van der Waals surface area contributed by atoms with E-state index in [1.165, 1.54) is 0 Å². The maximum Gasteiger partial charge on any atom is 0.150 e. The summed E-state index contributed by atoms with van der Waals surface area (Å²) in [4.78, 5) is 0. The molecule has 2 rings (SSSR count). The van der Waals surface area contributed by atoms with Gasteiger partial charge in [0.1, 0.15) is 0 Å². The lowest BCUT2D eigenvalue weighted by atomic mass is 10.1. The van der Waals surface area contributed by atoms with Crippen molar-refractivity contribution < 1.29 is 4.74 Å². The van der Waals surface area contributed by atoms with Crippen molar-refractivity contribution in [3.8, 4) is 5.75 Å². The Bertz CT molecular complexity index is 551. The largest absolute Gasteiger partial charge is 0.488 e. The first-order chi connectivity index (χ1) is 8.63. The molecule has 1 unspecified atom stereocenters. The Morgan fingerprint density at radius 2 is 1.78 bits per heavy atom. The molecule has 0 radical (unpaired) electrons. The SMILES string of the molecule is CCCC(C)Oc1c(N)cc(N)c2ccccc12. The summed E-state index contributed by atoms with van der Waals surface area (Å²) >= 11 is 0. The molecule has 4 N–H and O–H groups in total. The number of nitrogens with two attached hydrogens (primary N) is 2. The van der Waals surface area contributed by atoms with Gasteiger partial charge in [-0.25, -0.2) is 0 Å². The Hall–Kier alpha value is -1.90. The van der Waals surface area contributed by atoms with Crippen molar-refractivity contribution in [1.29, 1.82) is 0 Å². The molecule has 0 spiro atoms. The number of benzene rings is 2. The van der Waals surface area contributed by atoms with Crippen LogP contribution in [0.3, 0.4) is 0 Å². The number of rotatable bonds is 4. The number of fused-ring (bicyclic) bond motifs is 1. The minimum atomic E-state index is 0.157. The van der Waals surface area contributed by atoms with Gasteiger partial charge in [0, 0.05) is 16.5 Å². The lowest BCUT2D eigenvalue weighted by molar-refractivity contribution is 0.214. The minimum absolute atomic E-state index is 0.157. The second-order valence-electron chi connectivity index (χ2n) is 4.65. The maximum atomic E-state index is 6.03. The normalized spacial score (nSPS) is 12.6. The van der Waals surface area contributed by atoms with Gasteiger partial charge in [-0.2, -0.15) is 0 Å². The van der Waals surface area contributed by atoms with Crippen molar-refractivity contribution in [3.63, 3.8) is 0 Å². The summed E-state index contributed by atoms with van der Waals surface area (Å²) < 4.78 is 5.97. The molecule has 0 heterocycles. The van der Waals surface area contributed by atoms with Gasteiger partial charge in [-0.3, -0.25) is 0 Å². The van der Waals surface area contributed by atoms with Gasteiger partial charge in [0.2, 0.25) is 0 Å². The van der Waals surface area contributed by atoms with Crippen LogP contribution in [0.5, 0.6) is 5.75 Å². The fraction of sp³-hybridized carbons (Fsp3) is 0.333. The van der Waals surface area contributed by atoms with Gasteiger partial charge < -0.3 is 16.2 Å². The highest BCUT2D eigenvalue weighted by atomic mass is 16.5. The Labute approximate surface area is 108 Å². The van der Waals surface area contributed by atoms with Crippen LogP contribution in [0.1, 0.15) is 26.7 Å². The van der Waals surface area contributed by atoms with Crippen molar-refractivity contribution in [2.45, 2.75) is 32.8 Å². The van der Waals surface area contributed by atoms with Crippen LogP contribution in [-0.4, -0.2) is 6.10 Å². The molecule has 0 aliphatic carbocycles. The van der Waals surface area contributed by atoms with E-state index in [2.05, 4.69) is 13.8 Å². The molecule has 18 heavy (non-hydrogen) atoms. The van der Waals surface area contributed by atoms with Crippen LogP contribution in [0, 0.1) is 0 Å². The highest BCUT2D eigenvalue weighted by molar-refractivity contribution is 6.01. The maximum absolute atomic E-state index is 6.03. The molecule has 2 aromatic carbocycles. The highest BCUT2D eigenvalue weighted by Crippen LogP contribution is 2.36. The predicted octanol–water partition coefficient (Wildman–Crippen LogP) is 3.57. The first-order valence-electron chi connectivity index (χ1n) is 6.36. The predicted molar refractivity (Wildman–Crippen MR) is 77.8 cm³/mol. The molecular formula is C15H20N2O. The molecule has 3 heteroatoms. The molecule has 96 valence electrons. The van der Waals surface area contributed by atoms with Crippen molar-refractivity contribution in [2.24, 2.45) is 0 Å². The van der Waals surface area contributed by atoms with Gasteiger partial charge in [-0.05, 0) is 19.4 Å². The van der Waals surface area contributed by atoms with E-state index in [4.69, 9.17) is 16.2 Å². The van der Waals surface area contributed by atoms with Crippen molar-refractivity contribution >= 4 is 22.1 Å². The average molecular weight is 244 g/mol. The lowest BCUT2D eigenvalue weighted by Gasteiger charge is -2.18. The molecule has 0 amide bonds. The van der Waals surface area contributed by atoms with Crippen LogP contribution < -0.4 is 16.2 Å². The zero-order valence-electron chi connectivity index (χ0n) is 10.9. The summed E-state index contributed by atoms with van der Waals surface area (Å²) in [5, 5.41) is 1.98. The van der Waals surface area contributed by atoms with Crippen molar-refractivity contribution in [3.05, 3.63) is 30.3 Å². The standard InChI is InChI=1S/C15H20N2O/c1-3-6-10(2)18-15-12-8-5-4-7-11(12)13(16)9-14(15)17/h4-5,7-10H,3,6,16-17H2,1-2H3. The monoisotopic (exact) mass is 244 g/mol. The van der Waals surface area contributed by atoms with Gasteiger partial charge in [0.05, 0.1) is 11.8 Å². The number of hydrogen-bond acceptors (Lipinski definition) is 3. The molecule has 0 saturated heterocycles. The van der Waals surface area contributed by atoms with Crippen LogP contribution in [0.15, 0.2) is 30.3 Å². The molecule has 0 saturated carbocycles. The summed E-state index contributed by atoms with van der Waals surface area (Å²) in [5.74, 6) is 0.751. The van der Waals surface area contributed by atoms with Crippen molar-refractivity contribution in [1.82, 2.24) is 0 Å². The Kier molecular flexibility index (Phi) is 3.60. The quantitative estimate of drug-likeness (QED) is 0.808. The molecule has 0 aliphatic heterocycles. The number of nitrogen functional groups attached to an aromatic ring is 2. The average Bonchev–Trinajstić information content (AvgIpc) is 2.35. The molecule has 0 fully saturated rings. The van der Waals surface area contributed by atoms with Crippen LogP contribution in [0.25, 0.3) is 10.8 Å². The van der Waals surface area contributed by atoms with E-state index in [1.54, 1.807) is 6.07 Å². The van der Waals surface area contributed by atoms with E-state index >= 15 is 0 Å². The highest BCUT2D eigenvalue weighted by Gasteiger charge is 2.12. The van der Waals surface area contributed by atoms with E-state index in [-0.39, 0.29) is 6.10 Å². The van der Waals surface area contributed by atoms with Gasteiger partial charge in [-0.1, -0.05) is 37.6 Å². The van der Waals surface area contributed by atoms with E-state index in [0.29, 0.717) is 11.4 Å². The third-order valence-corrected chi connectivity index (χ3v) is 3.07. The summed E-state index contributed by atoms with van der Waals surface area (Å²) in [6, 6.07) is 9.69. The molecule has 0 aromatic heterocycles. The van der Waals surface area contributed by atoms with Crippen LogP contribution in [0.2, 0.25) is 0 Å². The van der Waals surface area contributed by atoms with Gasteiger partial charge in [0.15, 0.2) is 5.75 Å². The molecule has 0 aliphatic rings. The number of hydrogen-bond donors (Lipinski definition) is 2. The fourth-order valence-corrected chi connectivity index (χ4v) is 2.20. The fourth-order valence-electron chi connectivity index (χ4n) is 2.20. The smallest absolute Gasteiger partial charge is 0.150 e. The topological polar surface area (TPSA) is 61.3 Å². The van der Waals surface area contributed by atoms with Crippen LogP contribution in [0.4, 0.5) is 11.4 Å². The molecular weight excluding hydrogens is 224 g/mol. The summed E-state index contributed by atoms with van der Waals surface area (Å²) in [6.45, 7) is 4.21. The summed E-state index contributed by atoms with van der Waals surface area (Å²) in [7, 11) is 0. The van der Waals surface area contributed by atoms with Crippen LogP contribution >= 0.6 is 0 Å². The minimum Gasteiger partial charge on any atom is -0.488 e. The second kappa shape index (κ2) is 5.17. The van der Waals surface area contributed by atoms with Crippen molar-refractivity contribution in [2.75, 3.05) is 11.5 Å². The van der Waals surface area contributed by atoms with E-state index < -0.39 is 0 Å². The summed E-state index contributed by atoms with van der Waals surface area (Å²) in [6.07, 6.45) is 2.26. The first-order valence-corrected chi connectivity index (χ1v) is 6.36. The van der Waals surface area contributed by atoms with Crippen LogP contribution in [-0.2, 0) is 0 Å². The summed E-state index contributed by atoms with van der Waals surface area (Å²) in [5.41, 5.74) is 13.3. The first kappa shape index (κ1) is 12.6. The lowest BCUT2D eigenvalue weighted by Crippen LogP contribution is -2.12. The number of ether oxygens (including phenoxy) is 1. The molecule has 2 aromatic rings. The second-order valence-corrected chi connectivity index (χ2v) is 4.65. The Morgan fingerprint density at radius 1 is 1.11 bits per heavy atom. The zero-order valence-corrected chi connectivity index (χ0v) is 10.9. The zero-order chi connectivity index (χ0) is 13.1. The Balaban J connectivity index is 2.49. The third kappa shape index (κ3) is 2.35.